The van der Waals surface area contributed by atoms with Gasteiger partial charge in [0.25, 0.3) is 0 Å². The van der Waals surface area contributed by atoms with Crippen molar-refractivity contribution >= 4 is 5.97 Å². The van der Waals surface area contributed by atoms with Gasteiger partial charge in [0.1, 0.15) is 6.04 Å². The Labute approximate surface area is 207 Å². The first-order chi connectivity index (χ1) is 16.9. The Hall–Kier alpha value is -2.95. The Morgan fingerprint density at radius 2 is 1.20 bits per heavy atom. The van der Waals surface area contributed by atoms with Gasteiger partial charge in [-0.2, -0.15) is 0 Å². The first-order valence-electron chi connectivity index (χ1n) is 12.8. The van der Waals surface area contributed by atoms with Crippen LogP contribution in [0.5, 0.6) is 0 Å². The zero-order chi connectivity index (χ0) is 24.1. The average molecular weight is 468 g/mol. The second kappa shape index (κ2) is 8.32. The molecule has 4 bridgehead atoms. The van der Waals surface area contributed by atoms with Crippen LogP contribution < -0.4 is 5.32 Å². The van der Waals surface area contributed by atoms with E-state index in [1.807, 2.05) is 54.6 Å². The number of aliphatic hydroxyl groups is 1. The first kappa shape index (κ1) is 22.5. The van der Waals surface area contributed by atoms with E-state index in [1.54, 1.807) is 0 Å². The molecule has 4 aliphatic rings. The molecular weight excluding hydrogens is 434 g/mol. The quantitative estimate of drug-likeness (QED) is 0.410. The molecule has 3 N–H and O–H groups in total. The van der Waals surface area contributed by atoms with Crippen molar-refractivity contribution in [3.05, 3.63) is 108 Å². The molecule has 3 aromatic carbocycles. The molecule has 0 unspecified atom stereocenters. The molecule has 4 aliphatic carbocycles. The van der Waals surface area contributed by atoms with E-state index in [1.165, 1.54) is 0 Å². The van der Waals surface area contributed by atoms with E-state index in [2.05, 4.69) is 41.7 Å². The fourth-order valence-corrected chi connectivity index (χ4v) is 8.13. The molecule has 35 heavy (non-hydrogen) atoms. The Bertz CT molecular complexity index is 1080. The summed E-state index contributed by atoms with van der Waals surface area (Å²) in [7, 11) is 0. The molecule has 4 saturated carbocycles. The van der Waals surface area contributed by atoms with E-state index < -0.39 is 28.6 Å². The Morgan fingerprint density at radius 1 is 0.771 bits per heavy atom. The van der Waals surface area contributed by atoms with Crippen molar-refractivity contribution in [2.24, 2.45) is 17.3 Å². The number of nitrogens with one attached hydrogen (secondary N) is 1. The lowest BCUT2D eigenvalue weighted by Gasteiger charge is -2.62. The Morgan fingerprint density at radius 3 is 1.57 bits per heavy atom. The van der Waals surface area contributed by atoms with Gasteiger partial charge in [0.2, 0.25) is 0 Å². The highest BCUT2D eigenvalue weighted by molar-refractivity contribution is 5.76. The van der Waals surface area contributed by atoms with Crippen molar-refractivity contribution in [2.75, 3.05) is 0 Å². The van der Waals surface area contributed by atoms with Gasteiger partial charge in [-0.3, -0.25) is 10.1 Å². The second-order valence-corrected chi connectivity index (χ2v) is 11.3. The maximum Gasteiger partial charge on any atom is 0.321 e. The third-order valence-corrected chi connectivity index (χ3v) is 8.92. The minimum atomic E-state index is -0.848. The predicted molar refractivity (Wildman–Crippen MR) is 136 cm³/mol. The van der Waals surface area contributed by atoms with Crippen LogP contribution in [0.3, 0.4) is 0 Å². The van der Waals surface area contributed by atoms with E-state index in [-0.39, 0.29) is 0 Å². The smallest absolute Gasteiger partial charge is 0.321 e. The van der Waals surface area contributed by atoms with Gasteiger partial charge in [-0.25, -0.2) is 0 Å². The molecule has 0 amide bonds. The molecule has 4 fully saturated rings. The molecule has 0 spiro atoms. The van der Waals surface area contributed by atoms with Gasteiger partial charge in [0, 0.05) is 0 Å². The van der Waals surface area contributed by atoms with Gasteiger partial charge in [0.05, 0.1) is 11.1 Å². The second-order valence-electron chi connectivity index (χ2n) is 11.3. The van der Waals surface area contributed by atoms with Gasteiger partial charge in [-0.15, -0.1) is 0 Å². The van der Waals surface area contributed by atoms with Gasteiger partial charge < -0.3 is 10.2 Å². The minimum absolute atomic E-state index is 0.407. The SMILES string of the molecule is O=C(O)[C@@H](NC(c1ccccc1)(c1ccccc1)c1ccccc1)C12C[C@@H]3C[C@H](CC(O)(C3)C1)C2. The molecule has 180 valence electrons. The summed E-state index contributed by atoms with van der Waals surface area (Å²) in [5, 5.41) is 26.0. The summed E-state index contributed by atoms with van der Waals surface area (Å²) in [6.07, 6.45) is 5.05. The lowest BCUT2D eigenvalue weighted by Crippen LogP contribution is -2.66. The third-order valence-electron chi connectivity index (χ3n) is 8.92. The van der Waals surface area contributed by atoms with Crippen molar-refractivity contribution in [3.8, 4) is 0 Å². The fraction of sp³-hybridized carbons (Fsp3) is 0.387. The highest BCUT2D eigenvalue weighted by atomic mass is 16.4. The summed E-state index contributed by atoms with van der Waals surface area (Å²) in [6.45, 7) is 0. The van der Waals surface area contributed by atoms with Crippen LogP contribution in [-0.4, -0.2) is 27.8 Å². The number of carboxylic acid groups (broad SMARTS) is 1. The molecule has 4 heteroatoms. The maximum absolute atomic E-state index is 13.1. The predicted octanol–water partition coefficient (Wildman–Crippen LogP) is 5.35. The van der Waals surface area contributed by atoms with Crippen LogP contribution >= 0.6 is 0 Å². The van der Waals surface area contributed by atoms with Gasteiger partial charge in [-0.1, -0.05) is 91.0 Å². The lowest BCUT2D eigenvalue weighted by molar-refractivity contribution is -0.184. The molecule has 0 aromatic heterocycles. The molecule has 4 nitrogen and oxygen atoms in total. The summed E-state index contributed by atoms with van der Waals surface area (Å²) < 4.78 is 0. The zero-order valence-electron chi connectivity index (χ0n) is 19.9. The summed E-state index contributed by atoms with van der Waals surface area (Å²) in [4.78, 5) is 13.1. The van der Waals surface area contributed by atoms with Crippen LogP contribution in [0.2, 0.25) is 0 Å². The number of rotatable bonds is 7. The minimum Gasteiger partial charge on any atom is -0.480 e. The number of hydrogen-bond donors (Lipinski definition) is 3. The maximum atomic E-state index is 13.1. The molecule has 3 atom stereocenters. The summed E-state index contributed by atoms with van der Waals surface area (Å²) in [6, 6.07) is 29.8. The molecule has 7 rings (SSSR count). The standard InChI is InChI=1S/C31H33NO3/c33-28(34)27(29-17-22-16-23(18-29)20-30(35,19-22)21-29)32-31(24-10-4-1-5-11-24,25-12-6-2-7-13-25)26-14-8-3-9-15-26/h1-15,22-23,27,32,35H,16-21H2,(H,33,34)/t22-,23-,27+,29?,30?/m0/s1. The van der Waals surface area contributed by atoms with Crippen LogP contribution in [0.15, 0.2) is 91.0 Å². The highest BCUT2D eigenvalue weighted by Gasteiger charge is 2.62. The van der Waals surface area contributed by atoms with Crippen molar-refractivity contribution in [1.29, 1.82) is 0 Å². The summed E-state index contributed by atoms with van der Waals surface area (Å²) >= 11 is 0. The zero-order valence-corrected chi connectivity index (χ0v) is 19.9. The number of aliphatic carboxylic acids is 1. The fourth-order valence-electron chi connectivity index (χ4n) is 8.13. The van der Waals surface area contributed by atoms with Crippen molar-refractivity contribution in [2.45, 2.75) is 55.7 Å². The molecule has 0 saturated heterocycles. The number of carbonyl (C=O) groups is 1. The number of carboxylic acids is 1. The van der Waals surface area contributed by atoms with Crippen LogP contribution in [-0.2, 0) is 10.3 Å². The highest BCUT2D eigenvalue weighted by Crippen LogP contribution is 2.63. The Balaban J connectivity index is 1.54. The van der Waals surface area contributed by atoms with Crippen LogP contribution in [0.1, 0.15) is 55.2 Å². The van der Waals surface area contributed by atoms with Gasteiger partial charge in [-0.05, 0) is 72.5 Å². The third kappa shape index (κ3) is 3.71. The van der Waals surface area contributed by atoms with Crippen molar-refractivity contribution in [1.82, 2.24) is 5.32 Å². The summed E-state index contributed by atoms with van der Waals surface area (Å²) in [5.74, 6) is -0.0170. The first-order valence-corrected chi connectivity index (χ1v) is 12.8. The van der Waals surface area contributed by atoms with Crippen LogP contribution in [0, 0.1) is 17.3 Å². The van der Waals surface area contributed by atoms with Crippen molar-refractivity contribution < 1.29 is 15.0 Å². The average Bonchev–Trinajstić information content (AvgIpc) is 2.85. The van der Waals surface area contributed by atoms with E-state index in [0.717, 1.165) is 48.8 Å². The molecular formula is C31H33NO3. The van der Waals surface area contributed by atoms with Gasteiger partial charge >= 0.3 is 5.97 Å². The van der Waals surface area contributed by atoms with E-state index in [0.29, 0.717) is 18.3 Å². The summed E-state index contributed by atoms with van der Waals surface area (Å²) in [5.41, 5.74) is 0.979. The number of benzene rings is 3. The van der Waals surface area contributed by atoms with Crippen molar-refractivity contribution in [3.63, 3.8) is 0 Å². The monoisotopic (exact) mass is 467 g/mol. The molecule has 3 aromatic rings. The van der Waals surface area contributed by atoms with Crippen LogP contribution in [0.4, 0.5) is 0 Å². The van der Waals surface area contributed by atoms with E-state index in [4.69, 9.17) is 0 Å². The number of hydrogen-bond acceptors (Lipinski definition) is 3. The molecule has 0 aliphatic heterocycles. The van der Waals surface area contributed by atoms with E-state index >= 15 is 0 Å². The normalized spacial score (nSPS) is 30.2. The molecule has 0 radical (unpaired) electrons. The largest absolute Gasteiger partial charge is 0.480 e. The topological polar surface area (TPSA) is 69.6 Å². The van der Waals surface area contributed by atoms with Gasteiger partial charge in [0.15, 0.2) is 0 Å². The Kier molecular flexibility index (Phi) is 5.35. The molecule has 0 heterocycles. The van der Waals surface area contributed by atoms with Crippen LogP contribution in [0.25, 0.3) is 0 Å². The lowest BCUT2D eigenvalue weighted by atomic mass is 9.46. The van der Waals surface area contributed by atoms with E-state index in [9.17, 15) is 15.0 Å².